The third-order valence-corrected chi connectivity index (χ3v) is 17.2. The first-order chi connectivity index (χ1) is 40.4. The number of halogens is 4. The van der Waals surface area contributed by atoms with E-state index in [1.165, 1.54) is 0 Å². The molecule has 2 atom stereocenters. The Labute approximate surface area is 480 Å². The maximum absolute atomic E-state index is 14.4. The van der Waals surface area contributed by atoms with Crippen molar-refractivity contribution in [1.29, 1.82) is 0 Å². The fraction of sp³-hybridized carbons (Fsp3) is 0.355. The maximum Gasteiger partial charge on any atom is 0.248 e. The van der Waals surface area contributed by atoms with Crippen molar-refractivity contribution in [3.8, 4) is 45.3 Å². The molecule has 12 aromatic rings. The van der Waals surface area contributed by atoms with E-state index in [1.54, 1.807) is 18.7 Å². The van der Waals surface area contributed by atoms with Crippen molar-refractivity contribution in [1.82, 2.24) is 89.0 Å². The average Bonchev–Trinajstić information content (AvgIpc) is 2.55. The molecule has 0 bridgehead atoms. The molecule has 10 aromatic heterocycles. The van der Waals surface area contributed by atoms with Crippen LogP contribution in [-0.4, -0.2) is 101 Å². The molecular formula is C62H62F4N18. The summed E-state index contributed by atoms with van der Waals surface area (Å²) < 4.78 is 69.0. The van der Waals surface area contributed by atoms with E-state index in [4.69, 9.17) is 19.9 Å². The monoisotopic (exact) mass is 1130 g/mol. The molecule has 2 saturated carbocycles. The minimum atomic E-state index is -2.63. The lowest BCUT2D eigenvalue weighted by molar-refractivity contribution is -0.0498. The minimum absolute atomic E-state index is 0.0138. The smallest absolute Gasteiger partial charge is 0.248 e. The highest BCUT2D eigenvalue weighted by Gasteiger charge is 2.41. The Balaban J connectivity index is 0.000000157. The van der Waals surface area contributed by atoms with Crippen molar-refractivity contribution in [2.24, 2.45) is 40.0 Å². The predicted octanol–water partition coefficient (Wildman–Crippen LogP) is 12.4. The van der Waals surface area contributed by atoms with E-state index in [1.807, 2.05) is 129 Å². The number of hydrogen-bond acceptors (Lipinski definition) is 12. The van der Waals surface area contributed by atoms with Crippen LogP contribution in [0.5, 0.6) is 0 Å². The minimum Gasteiger partial charge on any atom is -0.316 e. The van der Waals surface area contributed by atoms with Crippen molar-refractivity contribution in [2.45, 2.75) is 103 Å². The van der Waals surface area contributed by atoms with Gasteiger partial charge in [-0.2, -0.15) is 0 Å². The van der Waals surface area contributed by atoms with Crippen LogP contribution in [-0.2, 0) is 28.2 Å². The number of benzene rings is 2. The summed E-state index contributed by atoms with van der Waals surface area (Å²) in [4.78, 5) is 20.4. The Bertz CT molecular complexity index is 3850. The second-order valence-electron chi connectivity index (χ2n) is 22.7. The van der Waals surface area contributed by atoms with Gasteiger partial charge in [-0.15, -0.1) is 20.4 Å². The zero-order valence-electron chi connectivity index (χ0n) is 47.9. The third-order valence-electron chi connectivity index (χ3n) is 17.2. The lowest BCUT2D eigenvalue weighted by atomic mass is 9.79. The van der Waals surface area contributed by atoms with E-state index in [-0.39, 0.29) is 49.6 Å². The molecule has 2 unspecified atom stereocenters. The van der Waals surface area contributed by atoms with Gasteiger partial charge in [0.05, 0.1) is 79.7 Å². The number of alkyl halides is 4. The summed E-state index contributed by atoms with van der Waals surface area (Å²) in [5.41, 5.74) is 16.8. The van der Waals surface area contributed by atoms with E-state index in [0.29, 0.717) is 25.7 Å². The summed E-state index contributed by atoms with van der Waals surface area (Å²) in [6.45, 7) is 7.68. The van der Waals surface area contributed by atoms with Gasteiger partial charge in [-0.1, -0.05) is 81.5 Å². The Morgan fingerprint density at radius 1 is 0.440 bits per heavy atom. The lowest BCUT2D eigenvalue weighted by Gasteiger charge is -2.35. The Hall–Kier alpha value is -9.08. The first-order valence-electron chi connectivity index (χ1n) is 28.4. The molecular weight excluding hydrogens is 1070 g/mol. The number of rotatable bonds is 10. The van der Waals surface area contributed by atoms with E-state index < -0.39 is 11.8 Å². The molecule has 2 aliphatic rings. The zero-order valence-corrected chi connectivity index (χ0v) is 47.9. The second kappa shape index (κ2) is 21.0. The molecule has 0 radical (unpaired) electrons. The van der Waals surface area contributed by atoms with Gasteiger partial charge >= 0.3 is 0 Å². The van der Waals surface area contributed by atoms with E-state index in [9.17, 15) is 17.6 Å². The van der Waals surface area contributed by atoms with Gasteiger partial charge in [-0.05, 0) is 113 Å². The van der Waals surface area contributed by atoms with Crippen molar-refractivity contribution in [2.75, 3.05) is 0 Å². The molecule has 84 heavy (non-hydrogen) atoms. The molecule has 0 aliphatic heterocycles. The largest absolute Gasteiger partial charge is 0.316 e. The van der Waals surface area contributed by atoms with E-state index >= 15 is 0 Å². The van der Waals surface area contributed by atoms with Crippen molar-refractivity contribution in [3.63, 3.8) is 0 Å². The molecule has 14 rings (SSSR count). The molecule has 10 heterocycles. The first-order valence-corrected chi connectivity index (χ1v) is 28.4. The Kier molecular flexibility index (Phi) is 13.5. The van der Waals surface area contributed by atoms with Crippen LogP contribution in [0.4, 0.5) is 17.6 Å². The summed E-state index contributed by atoms with van der Waals surface area (Å²) in [7, 11) is 7.43. The van der Waals surface area contributed by atoms with Gasteiger partial charge < -0.3 is 9.13 Å². The number of fused-ring (bicyclic) bond motifs is 6. The van der Waals surface area contributed by atoms with Gasteiger partial charge in [-0.3, -0.25) is 9.97 Å². The quantitative estimate of drug-likeness (QED) is 0.118. The van der Waals surface area contributed by atoms with E-state index in [0.717, 1.165) is 123 Å². The SMILES string of the molecule is Cc1nnn(C)c1-c1cnc2c3ccc(-c4c(C)nnn4C)nc3n(C(c3ccccc3)C3CCC(F)(F)CC3)c2c1.Cc1nnn(C)c1-c1cnc2c3ccc(-c4c(C)nnn4C)nc3n(C(c3ccccc3)C3CCC(F)(F)CC3)c2c1. The average molecular weight is 1140 g/mol. The number of pyridine rings is 4. The van der Waals surface area contributed by atoms with Crippen LogP contribution in [0.1, 0.15) is 97.4 Å². The maximum atomic E-state index is 14.4. The van der Waals surface area contributed by atoms with Gasteiger partial charge in [0.15, 0.2) is 0 Å². The molecule has 22 heteroatoms. The molecule has 0 spiro atoms. The summed E-state index contributed by atoms with van der Waals surface area (Å²) >= 11 is 0. The fourth-order valence-electron chi connectivity index (χ4n) is 13.3. The number of aryl methyl sites for hydroxylation is 8. The highest BCUT2D eigenvalue weighted by molar-refractivity contribution is 6.07. The van der Waals surface area contributed by atoms with Crippen LogP contribution in [0.2, 0.25) is 0 Å². The highest BCUT2D eigenvalue weighted by Crippen LogP contribution is 2.48. The molecule has 18 nitrogen and oxygen atoms in total. The topological polar surface area (TPSA) is 184 Å². The molecule has 2 aromatic carbocycles. The summed E-state index contributed by atoms with van der Waals surface area (Å²) in [5.74, 6) is -5.29. The summed E-state index contributed by atoms with van der Waals surface area (Å²) in [6, 6.07) is 32.1. The molecule has 0 saturated heterocycles. The fourth-order valence-corrected chi connectivity index (χ4v) is 13.3. The van der Waals surface area contributed by atoms with Gasteiger partial charge in [0.1, 0.15) is 22.7 Å². The molecule has 0 amide bonds. The van der Waals surface area contributed by atoms with E-state index in [2.05, 4.69) is 86.8 Å². The Morgan fingerprint density at radius 2 is 0.774 bits per heavy atom. The molecule has 2 fully saturated rings. The summed E-state index contributed by atoms with van der Waals surface area (Å²) in [6.07, 6.45) is 4.84. The van der Waals surface area contributed by atoms with Gasteiger partial charge in [0, 0.05) is 88.2 Å². The van der Waals surface area contributed by atoms with Crippen LogP contribution in [0.15, 0.2) is 109 Å². The first kappa shape index (κ1) is 54.2. The molecule has 2 aliphatic carbocycles. The zero-order chi connectivity index (χ0) is 58.3. The number of aromatic nitrogens is 18. The predicted molar refractivity (Wildman–Crippen MR) is 312 cm³/mol. The van der Waals surface area contributed by atoms with Crippen molar-refractivity contribution >= 4 is 44.1 Å². The van der Waals surface area contributed by atoms with Gasteiger partial charge in [0.2, 0.25) is 11.8 Å². The third kappa shape index (κ3) is 9.53. The van der Waals surface area contributed by atoms with Crippen molar-refractivity contribution in [3.05, 3.63) is 143 Å². The number of nitrogens with zero attached hydrogens (tertiary/aromatic N) is 18. The molecule has 428 valence electrons. The Morgan fingerprint density at radius 3 is 1.10 bits per heavy atom. The van der Waals surface area contributed by atoms with Gasteiger partial charge in [0.25, 0.3) is 0 Å². The molecule has 0 N–H and O–H groups in total. The number of hydrogen-bond donors (Lipinski definition) is 0. The van der Waals surface area contributed by atoms with Crippen molar-refractivity contribution < 1.29 is 17.6 Å². The van der Waals surface area contributed by atoms with Crippen LogP contribution in [0, 0.1) is 39.5 Å². The standard InChI is InChI=1S/2C31H31F2N9/c2*1-18-27(40(3)38-36-18)22-16-25-26(34-17-22)23-10-11-24(28-19(2)37-39-41(28)4)35-30(23)42(25)29(20-8-6-5-7-9-20)21-12-14-31(32,33)15-13-21/h2*5-11,16-17,21,29H,12-15H2,1-4H3. The normalized spacial score (nSPS) is 16.4. The lowest BCUT2D eigenvalue weighted by Crippen LogP contribution is -2.30. The van der Waals surface area contributed by atoms with Crippen LogP contribution >= 0.6 is 0 Å². The second-order valence-corrected chi connectivity index (χ2v) is 22.7. The highest BCUT2D eigenvalue weighted by atomic mass is 19.3. The van der Waals surface area contributed by atoms with Crippen LogP contribution in [0.25, 0.3) is 89.4 Å². The van der Waals surface area contributed by atoms with Crippen LogP contribution < -0.4 is 0 Å². The van der Waals surface area contributed by atoms with Crippen LogP contribution in [0.3, 0.4) is 0 Å². The summed E-state index contributed by atoms with van der Waals surface area (Å²) in [5, 5.41) is 35.5. The van der Waals surface area contributed by atoms with Gasteiger partial charge in [-0.25, -0.2) is 46.3 Å².